The molecule has 1 heterocycles. The maximum absolute atomic E-state index is 5.03. The first-order valence-corrected chi connectivity index (χ1v) is 25.5. The highest BCUT2D eigenvalue weighted by Gasteiger charge is 2.25. The van der Waals surface area contributed by atoms with Gasteiger partial charge in [-0.05, 0) is 171 Å². The van der Waals surface area contributed by atoms with Gasteiger partial charge in [-0.1, -0.05) is 179 Å². The van der Waals surface area contributed by atoms with E-state index in [0.717, 1.165) is 0 Å². The Labute approximate surface area is 377 Å². The third-order valence-corrected chi connectivity index (χ3v) is 15.9. The van der Waals surface area contributed by atoms with Gasteiger partial charge in [0.1, 0.15) is 0 Å². The van der Waals surface area contributed by atoms with Crippen molar-refractivity contribution < 1.29 is 0 Å². The smallest absolute Gasteiger partial charge is 0.0346 e. The molecule has 4 fully saturated rings. The summed E-state index contributed by atoms with van der Waals surface area (Å²) in [5, 5.41) is 0. The summed E-state index contributed by atoms with van der Waals surface area (Å²) in [4.78, 5) is 5.03. The van der Waals surface area contributed by atoms with E-state index < -0.39 is 0 Å². The number of hydrogen-bond donors (Lipinski definition) is 0. The average molecular weight is 824 g/mol. The lowest BCUT2D eigenvalue weighted by molar-refractivity contribution is 0.435. The Morgan fingerprint density at radius 1 is 0.290 bits per heavy atom. The second kappa shape index (κ2) is 18.6. The summed E-state index contributed by atoms with van der Waals surface area (Å²) in [5.74, 6) is 2.78. The van der Waals surface area contributed by atoms with Gasteiger partial charge in [0.2, 0.25) is 0 Å². The van der Waals surface area contributed by atoms with Crippen LogP contribution >= 0.6 is 0 Å². The van der Waals surface area contributed by atoms with Crippen molar-refractivity contribution in [2.75, 3.05) is 0 Å². The summed E-state index contributed by atoms with van der Waals surface area (Å²) < 4.78 is 0. The Hall–Kier alpha value is -3.97. The number of nitrogens with zero attached hydrogens (tertiary/aromatic N) is 1. The average Bonchev–Trinajstić information content (AvgIpc) is 3.31. The molecule has 4 saturated carbocycles. The molecule has 1 nitrogen and oxygen atoms in total. The normalized spacial score (nSPS) is 19.2. The minimum atomic E-state index is 0.0154. The van der Waals surface area contributed by atoms with Gasteiger partial charge in [-0.25, -0.2) is 0 Å². The predicted molar refractivity (Wildman–Crippen MR) is 267 cm³/mol. The van der Waals surface area contributed by atoms with Gasteiger partial charge >= 0.3 is 0 Å². The molecule has 0 spiro atoms. The van der Waals surface area contributed by atoms with Crippen LogP contribution in [0.25, 0.3) is 44.5 Å². The Morgan fingerprint density at radius 3 is 0.806 bits per heavy atom. The quantitative estimate of drug-likeness (QED) is 0.152. The van der Waals surface area contributed by atoms with Gasteiger partial charge in [-0.15, -0.1) is 0 Å². The fraction of sp³-hybridized carbons (Fsp3) is 0.525. The molecule has 62 heavy (non-hydrogen) atoms. The third-order valence-electron chi connectivity index (χ3n) is 15.9. The van der Waals surface area contributed by atoms with Crippen molar-refractivity contribution in [2.24, 2.45) is 0 Å². The molecule has 0 bridgehead atoms. The fourth-order valence-electron chi connectivity index (χ4n) is 11.9. The molecule has 326 valence electrons. The number of aromatic nitrogens is 1. The molecule has 0 amide bonds. The zero-order valence-corrected chi connectivity index (χ0v) is 39.6. The molecule has 0 unspecified atom stereocenters. The highest BCUT2D eigenvalue weighted by atomic mass is 14.6. The van der Waals surface area contributed by atoms with Crippen molar-refractivity contribution in [1.82, 2.24) is 4.98 Å². The number of pyridine rings is 1. The van der Waals surface area contributed by atoms with E-state index in [9.17, 15) is 0 Å². The van der Waals surface area contributed by atoms with Gasteiger partial charge in [0, 0.05) is 23.5 Å². The van der Waals surface area contributed by atoms with Gasteiger partial charge in [-0.2, -0.15) is 0 Å². The summed E-state index contributed by atoms with van der Waals surface area (Å²) in [6.07, 6.45) is 31.5. The first-order valence-electron chi connectivity index (χ1n) is 25.5. The van der Waals surface area contributed by atoms with Crippen molar-refractivity contribution in [1.29, 1.82) is 0 Å². The molecule has 5 aromatic rings. The molecule has 1 heteroatoms. The molecule has 0 N–H and O–H groups in total. The van der Waals surface area contributed by atoms with Crippen LogP contribution in [0.3, 0.4) is 0 Å². The zero-order chi connectivity index (χ0) is 42.8. The van der Waals surface area contributed by atoms with Gasteiger partial charge < -0.3 is 0 Å². The van der Waals surface area contributed by atoms with Crippen LogP contribution in [0.15, 0.2) is 91.3 Å². The highest BCUT2D eigenvalue weighted by molar-refractivity contribution is 5.80. The van der Waals surface area contributed by atoms with Crippen LogP contribution in [-0.2, 0) is 10.8 Å². The van der Waals surface area contributed by atoms with Crippen LogP contribution in [0.5, 0.6) is 0 Å². The van der Waals surface area contributed by atoms with Crippen LogP contribution in [-0.4, -0.2) is 4.98 Å². The summed E-state index contributed by atoms with van der Waals surface area (Å²) in [5.41, 5.74) is 19.7. The Kier molecular flexibility index (Phi) is 13.0. The molecular weight excluding hydrogens is 747 g/mol. The van der Waals surface area contributed by atoms with E-state index in [1.165, 1.54) is 184 Å². The van der Waals surface area contributed by atoms with Gasteiger partial charge in [0.25, 0.3) is 0 Å². The first kappa shape index (κ1) is 43.3. The maximum Gasteiger partial charge on any atom is 0.0346 e. The Balaban J connectivity index is 1.13. The summed E-state index contributed by atoms with van der Waals surface area (Å²) in [7, 11) is 0. The molecular formula is C61H77N. The van der Waals surface area contributed by atoms with Crippen molar-refractivity contribution >= 4 is 0 Å². The summed E-state index contributed by atoms with van der Waals surface area (Å²) >= 11 is 0. The molecule has 0 radical (unpaired) electrons. The summed E-state index contributed by atoms with van der Waals surface area (Å²) in [6.45, 7) is 14.2. The topological polar surface area (TPSA) is 12.9 Å². The maximum atomic E-state index is 5.03. The number of rotatable bonds is 8. The van der Waals surface area contributed by atoms with Gasteiger partial charge in [0.15, 0.2) is 0 Å². The minimum absolute atomic E-state index is 0.0154. The van der Waals surface area contributed by atoms with E-state index >= 15 is 0 Å². The first-order chi connectivity index (χ1) is 29.9. The van der Waals surface area contributed by atoms with Crippen LogP contribution in [0.1, 0.15) is 227 Å². The molecule has 0 saturated heterocycles. The van der Waals surface area contributed by atoms with Gasteiger partial charge in [-0.3, -0.25) is 4.98 Å². The second-order valence-corrected chi connectivity index (χ2v) is 22.7. The third kappa shape index (κ3) is 10.0. The van der Waals surface area contributed by atoms with Crippen LogP contribution in [0.4, 0.5) is 0 Å². The monoisotopic (exact) mass is 824 g/mol. The Morgan fingerprint density at radius 2 is 0.532 bits per heavy atom. The standard InChI is InChI=1S/C61H77N/c1-60(2,3)58-36-52(50-29-46(42-19-11-7-12-20-42)27-47(30-50)43-21-13-8-14-22-43)33-54(38-58)56-35-57(41-62-40-56)55-34-53(37-59(39-55)61(4,5)6)51-31-48(44-23-15-9-16-24-44)28-49(32-51)45-25-17-10-18-26-45/h27-45H,7-26H2,1-6H3. The van der Waals surface area contributed by atoms with Crippen molar-refractivity contribution in [3.63, 3.8) is 0 Å². The van der Waals surface area contributed by atoms with Crippen LogP contribution < -0.4 is 0 Å². The predicted octanol–water partition coefficient (Wildman–Crippen LogP) is 18.5. The molecule has 0 atom stereocenters. The molecule has 9 rings (SSSR count). The molecule has 4 aliphatic carbocycles. The number of benzene rings is 4. The van der Waals surface area contributed by atoms with Crippen molar-refractivity contribution in [3.05, 3.63) is 125 Å². The van der Waals surface area contributed by atoms with Crippen LogP contribution in [0, 0.1) is 0 Å². The van der Waals surface area contributed by atoms with Gasteiger partial charge in [0.05, 0.1) is 0 Å². The van der Waals surface area contributed by atoms with Crippen LogP contribution in [0.2, 0.25) is 0 Å². The lowest BCUT2D eigenvalue weighted by atomic mass is 9.78. The van der Waals surface area contributed by atoms with Crippen molar-refractivity contribution in [3.8, 4) is 44.5 Å². The van der Waals surface area contributed by atoms with E-state index in [4.69, 9.17) is 4.98 Å². The van der Waals surface area contributed by atoms with E-state index in [0.29, 0.717) is 23.7 Å². The lowest BCUT2D eigenvalue weighted by Gasteiger charge is -2.27. The molecule has 4 aliphatic rings. The second-order valence-electron chi connectivity index (χ2n) is 22.7. The number of hydrogen-bond acceptors (Lipinski definition) is 1. The Bertz CT molecular complexity index is 2070. The van der Waals surface area contributed by atoms with E-state index in [1.54, 1.807) is 22.3 Å². The van der Waals surface area contributed by atoms with E-state index in [2.05, 4.69) is 133 Å². The lowest BCUT2D eigenvalue weighted by Crippen LogP contribution is -2.12. The highest BCUT2D eigenvalue weighted by Crippen LogP contribution is 2.44. The zero-order valence-electron chi connectivity index (χ0n) is 39.6. The molecule has 4 aromatic carbocycles. The minimum Gasteiger partial charge on any atom is -0.263 e. The van der Waals surface area contributed by atoms with E-state index in [-0.39, 0.29) is 10.8 Å². The van der Waals surface area contributed by atoms with Crippen molar-refractivity contribution in [2.45, 2.75) is 204 Å². The molecule has 0 aliphatic heterocycles. The molecule has 1 aromatic heterocycles. The van der Waals surface area contributed by atoms with E-state index in [1.807, 2.05) is 0 Å². The largest absolute Gasteiger partial charge is 0.263 e. The fourth-order valence-corrected chi connectivity index (χ4v) is 11.9. The summed E-state index contributed by atoms with van der Waals surface area (Å²) in [6, 6.07) is 33.0. The SMILES string of the molecule is CC(C)(C)c1cc(-c2cncc(-c3cc(-c4cc(C5CCCCC5)cc(C5CCCCC5)c4)cc(C(C)(C)C)c3)c2)cc(-c2cc(C3CCCCC3)cc(C3CCCCC3)c2)c1.